The third-order valence-electron chi connectivity index (χ3n) is 3.11. The van der Waals surface area contributed by atoms with E-state index in [1.165, 1.54) is 5.56 Å². The van der Waals surface area contributed by atoms with Gasteiger partial charge in [0, 0.05) is 5.88 Å². The van der Waals surface area contributed by atoms with Crippen LogP contribution in [0.3, 0.4) is 0 Å². The lowest BCUT2D eigenvalue weighted by atomic mass is 9.78. The molecule has 17 heavy (non-hydrogen) atoms. The standard InChI is InChI=1S/C14H20BrClO/c1-14(2,3)11(9-16)7-10-5-6-13(17-4)12(15)8-10/h5-6,8,11H,7,9H2,1-4H3. The van der Waals surface area contributed by atoms with E-state index in [4.69, 9.17) is 16.3 Å². The summed E-state index contributed by atoms with van der Waals surface area (Å²) in [6.45, 7) is 6.70. The van der Waals surface area contributed by atoms with Crippen molar-refractivity contribution in [1.29, 1.82) is 0 Å². The highest BCUT2D eigenvalue weighted by atomic mass is 79.9. The summed E-state index contributed by atoms with van der Waals surface area (Å²) in [5, 5.41) is 0. The van der Waals surface area contributed by atoms with Crippen LogP contribution in [0.4, 0.5) is 0 Å². The van der Waals surface area contributed by atoms with Crippen molar-refractivity contribution < 1.29 is 4.74 Å². The first-order valence-electron chi connectivity index (χ1n) is 5.77. The summed E-state index contributed by atoms with van der Waals surface area (Å²) in [5.74, 6) is 2.03. The quantitative estimate of drug-likeness (QED) is 0.717. The third-order valence-corrected chi connectivity index (χ3v) is 4.10. The van der Waals surface area contributed by atoms with E-state index < -0.39 is 0 Å². The molecule has 1 nitrogen and oxygen atoms in total. The van der Waals surface area contributed by atoms with Gasteiger partial charge in [0.25, 0.3) is 0 Å². The maximum Gasteiger partial charge on any atom is 0.133 e. The molecule has 0 N–H and O–H groups in total. The molecular weight excluding hydrogens is 300 g/mol. The number of rotatable bonds is 4. The second kappa shape index (κ2) is 6.10. The van der Waals surface area contributed by atoms with Crippen molar-refractivity contribution in [3.05, 3.63) is 28.2 Å². The van der Waals surface area contributed by atoms with Crippen LogP contribution in [0.15, 0.2) is 22.7 Å². The lowest BCUT2D eigenvalue weighted by molar-refractivity contribution is 0.264. The predicted octanol–water partition coefficient (Wildman–Crippen LogP) is 4.90. The van der Waals surface area contributed by atoms with Gasteiger partial charge in [0.15, 0.2) is 0 Å². The van der Waals surface area contributed by atoms with Crippen LogP contribution >= 0.6 is 27.5 Å². The first-order valence-corrected chi connectivity index (χ1v) is 7.09. The van der Waals surface area contributed by atoms with E-state index in [1.807, 2.05) is 6.07 Å². The molecule has 0 aliphatic heterocycles. The van der Waals surface area contributed by atoms with E-state index in [2.05, 4.69) is 48.8 Å². The van der Waals surface area contributed by atoms with Crippen molar-refractivity contribution in [2.75, 3.05) is 13.0 Å². The fourth-order valence-electron chi connectivity index (χ4n) is 1.71. The van der Waals surface area contributed by atoms with Crippen LogP contribution in [0, 0.1) is 11.3 Å². The second-order valence-corrected chi connectivity index (χ2v) is 6.55. The van der Waals surface area contributed by atoms with Gasteiger partial charge in [-0.2, -0.15) is 0 Å². The summed E-state index contributed by atoms with van der Waals surface area (Å²) in [5.41, 5.74) is 1.52. The Morgan fingerprint density at radius 2 is 2.00 bits per heavy atom. The van der Waals surface area contributed by atoms with E-state index >= 15 is 0 Å². The van der Waals surface area contributed by atoms with E-state index in [0.29, 0.717) is 11.8 Å². The van der Waals surface area contributed by atoms with Gasteiger partial charge in [-0.25, -0.2) is 0 Å². The Hall–Kier alpha value is -0.210. The van der Waals surface area contributed by atoms with Gasteiger partial charge in [-0.05, 0) is 51.4 Å². The number of halogens is 2. The van der Waals surface area contributed by atoms with Crippen molar-refractivity contribution >= 4 is 27.5 Å². The number of hydrogen-bond acceptors (Lipinski definition) is 1. The van der Waals surface area contributed by atoms with Gasteiger partial charge in [-0.1, -0.05) is 26.8 Å². The van der Waals surface area contributed by atoms with Gasteiger partial charge in [0.05, 0.1) is 11.6 Å². The van der Waals surface area contributed by atoms with Gasteiger partial charge in [-0.15, -0.1) is 11.6 Å². The molecule has 1 aromatic rings. The predicted molar refractivity (Wildman–Crippen MR) is 78.1 cm³/mol. The lowest BCUT2D eigenvalue weighted by Gasteiger charge is -2.29. The van der Waals surface area contributed by atoms with Crippen LogP contribution in [-0.2, 0) is 6.42 Å². The van der Waals surface area contributed by atoms with E-state index in [0.717, 1.165) is 16.6 Å². The molecule has 0 fully saturated rings. The highest BCUT2D eigenvalue weighted by Gasteiger charge is 2.24. The zero-order valence-corrected chi connectivity index (χ0v) is 13.2. The van der Waals surface area contributed by atoms with Crippen LogP contribution in [0.2, 0.25) is 0 Å². The molecule has 1 aromatic carbocycles. The molecule has 1 unspecified atom stereocenters. The summed E-state index contributed by atoms with van der Waals surface area (Å²) in [7, 11) is 1.68. The molecule has 0 spiro atoms. The van der Waals surface area contributed by atoms with E-state index in [1.54, 1.807) is 7.11 Å². The van der Waals surface area contributed by atoms with Crippen molar-refractivity contribution in [2.24, 2.45) is 11.3 Å². The Kier molecular flexibility index (Phi) is 5.33. The fourth-order valence-corrected chi connectivity index (χ4v) is 2.87. The van der Waals surface area contributed by atoms with Crippen LogP contribution in [0.1, 0.15) is 26.3 Å². The summed E-state index contributed by atoms with van der Waals surface area (Å²) in [6, 6.07) is 6.21. The molecule has 0 bridgehead atoms. The Labute approximate surface area is 118 Å². The van der Waals surface area contributed by atoms with Crippen LogP contribution in [0.5, 0.6) is 5.75 Å². The van der Waals surface area contributed by atoms with Gasteiger partial charge in [0.2, 0.25) is 0 Å². The highest BCUT2D eigenvalue weighted by Crippen LogP contribution is 2.32. The van der Waals surface area contributed by atoms with Gasteiger partial charge in [-0.3, -0.25) is 0 Å². The zero-order chi connectivity index (χ0) is 13.1. The van der Waals surface area contributed by atoms with Crippen LogP contribution in [-0.4, -0.2) is 13.0 Å². The SMILES string of the molecule is COc1ccc(CC(CCl)C(C)(C)C)cc1Br. The van der Waals surface area contributed by atoms with Gasteiger partial charge >= 0.3 is 0 Å². The van der Waals surface area contributed by atoms with Crippen molar-refractivity contribution in [3.63, 3.8) is 0 Å². The number of benzene rings is 1. The molecule has 0 aliphatic rings. The third kappa shape index (κ3) is 4.18. The Balaban J connectivity index is 2.84. The average molecular weight is 320 g/mol. The molecule has 0 saturated carbocycles. The first kappa shape index (κ1) is 14.8. The number of methoxy groups -OCH3 is 1. The average Bonchev–Trinajstić information content (AvgIpc) is 2.24. The first-order chi connectivity index (χ1) is 7.88. The van der Waals surface area contributed by atoms with E-state index in [-0.39, 0.29) is 5.41 Å². The Bertz CT molecular complexity index is 371. The number of ether oxygens (including phenoxy) is 1. The summed E-state index contributed by atoms with van der Waals surface area (Å²) < 4.78 is 6.23. The minimum absolute atomic E-state index is 0.230. The van der Waals surface area contributed by atoms with Crippen LogP contribution < -0.4 is 4.74 Å². The van der Waals surface area contributed by atoms with Gasteiger partial charge < -0.3 is 4.74 Å². The summed E-state index contributed by atoms with van der Waals surface area (Å²) in [4.78, 5) is 0. The molecule has 0 amide bonds. The minimum Gasteiger partial charge on any atom is -0.496 e. The molecule has 3 heteroatoms. The zero-order valence-electron chi connectivity index (χ0n) is 10.9. The molecule has 1 atom stereocenters. The van der Waals surface area contributed by atoms with Crippen LogP contribution in [0.25, 0.3) is 0 Å². The lowest BCUT2D eigenvalue weighted by Crippen LogP contribution is -2.24. The monoisotopic (exact) mass is 318 g/mol. The topological polar surface area (TPSA) is 9.23 Å². The molecule has 0 aromatic heterocycles. The largest absolute Gasteiger partial charge is 0.496 e. The molecule has 0 saturated heterocycles. The van der Waals surface area contributed by atoms with Crippen molar-refractivity contribution in [3.8, 4) is 5.75 Å². The maximum atomic E-state index is 6.06. The molecule has 1 rings (SSSR count). The second-order valence-electron chi connectivity index (χ2n) is 5.39. The minimum atomic E-state index is 0.230. The fraction of sp³-hybridized carbons (Fsp3) is 0.571. The van der Waals surface area contributed by atoms with Crippen molar-refractivity contribution in [1.82, 2.24) is 0 Å². The summed E-state index contributed by atoms with van der Waals surface area (Å²) >= 11 is 9.58. The van der Waals surface area contributed by atoms with E-state index in [9.17, 15) is 0 Å². The Morgan fingerprint density at radius 3 is 2.41 bits per heavy atom. The Morgan fingerprint density at radius 1 is 1.35 bits per heavy atom. The number of hydrogen-bond donors (Lipinski definition) is 0. The molecule has 0 heterocycles. The molecule has 0 aliphatic carbocycles. The normalized spacial score (nSPS) is 13.5. The maximum absolute atomic E-state index is 6.06. The smallest absolute Gasteiger partial charge is 0.133 e. The molecular formula is C14H20BrClO. The highest BCUT2D eigenvalue weighted by molar-refractivity contribution is 9.10. The van der Waals surface area contributed by atoms with Gasteiger partial charge in [0.1, 0.15) is 5.75 Å². The summed E-state index contributed by atoms with van der Waals surface area (Å²) in [6.07, 6.45) is 0.996. The number of alkyl halides is 1. The molecule has 0 radical (unpaired) electrons. The van der Waals surface area contributed by atoms with Crippen molar-refractivity contribution in [2.45, 2.75) is 27.2 Å². The molecule has 96 valence electrons.